The molecule has 0 radical (unpaired) electrons. The van der Waals surface area contributed by atoms with Gasteiger partial charge in [0.25, 0.3) is 5.91 Å². The van der Waals surface area contributed by atoms with Crippen LogP contribution in [0.5, 0.6) is 0 Å². The maximum absolute atomic E-state index is 13.7. The number of nitrogens with one attached hydrogen (secondary N) is 2. The van der Waals surface area contributed by atoms with Gasteiger partial charge in [0.1, 0.15) is 0 Å². The third-order valence-corrected chi connectivity index (χ3v) is 9.56. The van der Waals surface area contributed by atoms with Crippen LogP contribution in [0, 0.1) is 53.3 Å². The Morgan fingerprint density at radius 3 is 2.48 bits per heavy atom. The Labute approximate surface area is 169 Å². The molecule has 1 heterocycles. The lowest BCUT2D eigenvalue weighted by atomic mass is 9.57. The summed E-state index contributed by atoms with van der Waals surface area (Å²) in [6, 6.07) is 3.27. The van der Waals surface area contributed by atoms with E-state index in [4.69, 9.17) is 0 Å². The van der Waals surface area contributed by atoms with Crippen molar-refractivity contribution in [2.45, 2.75) is 31.7 Å². The molecule has 2 amide bonds. The summed E-state index contributed by atoms with van der Waals surface area (Å²) in [5.74, 6) is 7.22. The molecular formula is C23H27N3O3. The maximum Gasteiger partial charge on any atom is 0.252 e. The van der Waals surface area contributed by atoms with Crippen LogP contribution >= 0.6 is 0 Å². The van der Waals surface area contributed by atoms with E-state index in [-0.39, 0.29) is 17.4 Å². The molecule has 6 aliphatic carbocycles. The Balaban J connectivity index is 1.04. The van der Waals surface area contributed by atoms with Crippen molar-refractivity contribution in [2.75, 3.05) is 13.1 Å². The van der Waals surface area contributed by atoms with Crippen molar-refractivity contribution < 1.29 is 9.59 Å². The first kappa shape index (κ1) is 16.7. The topological polar surface area (TPSA) is 82.3 Å². The zero-order valence-electron chi connectivity index (χ0n) is 16.4. The van der Waals surface area contributed by atoms with Crippen molar-refractivity contribution >= 4 is 11.8 Å². The first-order valence-electron chi connectivity index (χ1n) is 11.4. The highest BCUT2D eigenvalue weighted by molar-refractivity contribution is 5.93. The van der Waals surface area contributed by atoms with Gasteiger partial charge in [-0.3, -0.25) is 14.4 Å². The van der Waals surface area contributed by atoms with Gasteiger partial charge in [-0.15, -0.1) is 0 Å². The molecule has 7 rings (SSSR count). The quantitative estimate of drug-likeness (QED) is 0.768. The van der Waals surface area contributed by atoms with Crippen LogP contribution in [0.3, 0.4) is 0 Å². The first-order valence-corrected chi connectivity index (χ1v) is 11.4. The van der Waals surface area contributed by atoms with Gasteiger partial charge in [-0.05, 0) is 79.1 Å². The Morgan fingerprint density at radius 2 is 1.76 bits per heavy atom. The average Bonchev–Trinajstić information content (AvgIpc) is 3.32. The molecule has 0 aliphatic heterocycles. The van der Waals surface area contributed by atoms with E-state index < -0.39 is 0 Å². The molecule has 9 unspecified atom stereocenters. The molecule has 29 heavy (non-hydrogen) atoms. The minimum atomic E-state index is -0.219. The number of aromatic amines is 1. The standard InChI is InChI=1S/C23H27N3O3/c27-16-4-1-10(9-25-16)22(28)24-5-6-26(11-2-3-11)23(29)21-18-13-8-14-17-12(13)7-15(18)19(17)20(14)21/h1,4,9,11-15,17-21H,2-3,5-8H2,(H,24,28)(H,25,27). The van der Waals surface area contributed by atoms with Crippen molar-refractivity contribution in [1.82, 2.24) is 15.2 Å². The van der Waals surface area contributed by atoms with Gasteiger partial charge >= 0.3 is 0 Å². The third kappa shape index (κ3) is 2.05. The Bertz CT molecular complexity index is 942. The summed E-state index contributed by atoms with van der Waals surface area (Å²) in [6.45, 7) is 1.07. The summed E-state index contributed by atoms with van der Waals surface area (Å²) in [5, 5.41) is 2.92. The van der Waals surface area contributed by atoms with Gasteiger partial charge in [0, 0.05) is 37.3 Å². The normalized spacial score (nSPS) is 44.2. The second kappa shape index (κ2) is 5.52. The molecule has 6 nitrogen and oxygen atoms in total. The second-order valence-electron chi connectivity index (χ2n) is 10.4. The first-order chi connectivity index (χ1) is 14.1. The molecule has 0 saturated heterocycles. The van der Waals surface area contributed by atoms with E-state index in [2.05, 4.69) is 15.2 Å². The molecule has 6 heteroatoms. The van der Waals surface area contributed by atoms with Crippen LogP contribution < -0.4 is 10.9 Å². The molecule has 2 bridgehead atoms. The molecule has 0 spiro atoms. The van der Waals surface area contributed by atoms with Gasteiger partial charge in [-0.1, -0.05) is 0 Å². The number of hydrogen-bond acceptors (Lipinski definition) is 3. The number of fused-ring (bicyclic) bond motifs is 2. The van der Waals surface area contributed by atoms with Gasteiger partial charge in [-0.2, -0.15) is 0 Å². The van der Waals surface area contributed by atoms with Crippen LogP contribution in [0.15, 0.2) is 23.1 Å². The van der Waals surface area contributed by atoms with E-state index in [0.29, 0.717) is 42.4 Å². The van der Waals surface area contributed by atoms with Crippen molar-refractivity contribution in [3.05, 3.63) is 34.2 Å². The summed E-state index contributed by atoms with van der Waals surface area (Å²) >= 11 is 0. The summed E-state index contributed by atoms with van der Waals surface area (Å²) in [5.41, 5.74) is 0.224. The van der Waals surface area contributed by atoms with Crippen LogP contribution in [0.2, 0.25) is 0 Å². The SMILES string of the molecule is O=C(NCCN(C(=O)C1C2C3CC4C5C3CC2C5C41)C1CC1)c1ccc(=O)[nH]c1. The lowest BCUT2D eigenvalue weighted by Crippen LogP contribution is -2.51. The molecule has 9 atom stereocenters. The number of amides is 2. The van der Waals surface area contributed by atoms with Crippen molar-refractivity contribution in [3.63, 3.8) is 0 Å². The maximum atomic E-state index is 13.7. The van der Waals surface area contributed by atoms with Crippen molar-refractivity contribution in [1.29, 1.82) is 0 Å². The van der Waals surface area contributed by atoms with E-state index in [9.17, 15) is 14.4 Å². The number of carbonyl (C=O) groups is 2. The fraction of sp³-hybridized carbons (Fsp3) is 0.696. The highest BCUT2D eigenvalue weighted by Crippen LogP contribution is 2.84. The van der Waals surface area contributed by atoms with E-state index >= 15 is 0 Å². The number of nitrogens with zero attached hydrogens (tertiary/aromatic N) is 1. The molecule has 1 aromatic heterocycles. The minimum absolute atomic E-state index is 0.204. The average molecular weight is 393 g/mol. The zero-order chi connectivity index (χ0) is 19.4. The Morgan fingerprint density at radius 1 is 1.00 bits per heavy atom. The predicted molar refractivity (Wildman–Crippen MR) is 105 cm³/mol. The highest BCUT2D eigenvalue weighted by Gasteiger charge is 2.81. The molecule has 6 fully saturated rings. The second-order valence-corrected chi connectivity index (χ2v) is 10.4. The number of rotatable bonds is 6. The predicted octanol–water partition coefficient (Wildman–Crippen LogP) is 1.49. The Kier molecular flexibility index (Phi) is 3.17. The summed E-state index contributed by atoms with van der Waals surface area (Å²) < 4.78 is 0. The van der Waals surface area contributed by atoms with Crippen molar-refractivity contribution in [2.24, 2.45) is 53.3 Å². The summed E-state index contributed by atoms with van der Waals surface area (Å²) in [7, 11) is 0. The van der Waals surface area contributed by atoms with Crippen LogP contribution in [0.1, 0.15) is 36.0 Å². The molecule has 2 N–H and O–H groups in total. The fourth-order valence-electron chi connectivity index (χ4n) is 8.80. The molecule has 0 aromatic carbocycles. The fourth-order valence-corrected chi connectivity index (χ4v) is 8.80. The number of carbonyl (C=O) groups excluding carboxylic acids is 2. The monoisotopic (exact) mass is 393 g/mol. The number of pyridine rings is 1. The van der Waals surface area contributed by atoms with Gasteiger partial charge in [-0.25, -0.2) is 0 Å². The largest absolute Gasteiger partial charge is 0.350 e. The summed E-state index contributed by atoms with van der Waals surface area (Å²) in [6.07, 6.45) is 6.48. The van der Waals surface area contributed by atoms with Crippen molar-refractivity contribution in [3.8, 4) is 0 Å². The summed E-state index contributed by atoms with van der Waals surface area (Å²) in [4.78, 5) is 41.8. The number of aromatic nitrogens is 1. The third-order valence-electron chi connectivity index (χ3n) is 9.56. The van der Waals surface area contributed by atoms with Crippen LogP contribution in [-0.4, -0.2) is 40.8 Å². The molecule has 6 saturated carbocycles. The van der Waals surface area contributed by atoms with E-state index in [1.807, 2.05) is 0 Å². The minimum Gasteiger partial charge on any atom is -0.350 e. The zero-order valence-corrected chi connectivity index (χ0v) is 16.4. The van der Waals surface area contributed by atoms with Gasteiger partial charge in [0.15, 0.2) is 0 Å². The van der Waals surface area contributed by atoms with Gasteiger partial charge in [0.05, 0.1) is 5.56 Å². The smallest absolute Gasteiger partial charge is 0.252 e. The lowest BCUT2D eigenvalue weighted by molar-refractivity contribution is -0.144. The molecular weight excluding hydrogens is 366 g/mol. The van der Waals surface area contributed by atoms with E-state index in [1.165, 1.54) is 31.2 Å². The molecule has 6 aliphatic rings. The number of H-pyrrole nitrogens is 1. The Hall–Kier alpha value is -2.11. The van der Waals surface area contributed by atoms with E-state index in [1.54, 1.807) is 0 Å². The molecule has 152 valence electrons. The lowest BCUT2D eigenvalue weighted by Gasteiger charge is -2.48. The van der Waals surface area contributed by atoms with Gasteiger partial charge in [0.2, 0.25) is 11.5 Å². The number of hydrogen-bond donors (Lipinski definition) is 2. The molecule has 1 aromatic rings. The van der Waals surface area contributed by atoms with Gasteiger partial charge < -0.3 is 15.2 Å². The van der Waals surface area contributed by atoms with E-state index in [0.717, 1.165) is 48.3 Å². The van der Waals surface area contributed by atoms with Crippen LogP contribution in [-0.2, 0) is 4.79 Å². The van der Waals surface area contributed by atoms with Crippen LogP contribution in [0.25, 0.3) is 0 Å². The van der Waals surface area contributed by atoms with Crippen LogP contribution in [0.4, 0.5) is 0 Å². The highest BCUT2D eigenvalue weighted by atomic mass is 16.2.